The molecule has 0 unspecified atom stereocenters. The first-order valence-electron chi connectivity index (χ1n) is 13.2. The lowest BCUT2D eigenvalue weighted by Crippen LogP contribution is -2.54. The smallest absolute Gasteiger partial charge is 0.338 e. The Morgan fingerprint density at radius 3 is 2.08 bits per heavy atom. The number of hydroxylamine groups is 2. The van der Waals surface area contributed by atoms with Gasteiger partial charge in [-0.25, -0.2) is 4.79 Å². The van der Waals surface area contributed by atoms with Crippen molar-refractivity contribution in [1.29, 1.82) is 0 Å². The number of carbonyl (C=O) groups is 1. The second kappa shape index (κ2) is 10.6. The fraction of sp³-hybridized carbons (Fsp3) is 0.387. The first kappa shape index (κ1) is 25.2. The summed E-state index contributed by atoms with van der Waals surface area (Å²) in [6.45, 7) is 4.77. The van der Waals surface area contributed by atoms with Gasteiger partial charge < -0.3 is 18.9 Å². The predicted molar refractivity (Wildman–Crippen MR) is 140 cm³/mol. The lowest BCUT2D eigenvalue weighted by atomic mass is 10.0. The van der Waals surface area contributed by atoms with Crippen LogP contribution in [0.3, 0.4) is 0 Å². The van der Waals surface area contributed by atoms with Crippen LogP contribution in [-0.4, -0.2) is 53.4 Å². The SMILES string of the molecule is CC1(C)O[C@@H]2[C@@H](O1)[C@H](OCc1ccccc1)[C@H]1C[C@H](ON1Cc1ccccc1)[C@H]2OC(=O)c1ccccc1. The van der Waals surface area contributed by atoms with Crippen LogP contribution in [-0.2, 0) is 36.9 Å². The molecule has 198 valence electrons. The Balaban J connectivity index is 1.33. The summed E-state index contributed by atoms with van der Waals surface area (Å²) in [5.41, 5.74) is 2.68. The van der Waals surface area contributed by atoms with E-state index in [-0.39, 0.29) is 12.1 Å². The average molecular weight is 516 g/mol. The second-order valence-electron chi connectivity index (χ2n) is 10.6. The average Bonchev–Trinajstić information content (AvgIpc) is 3.46. The number of carbonyl (C=O) groups excluding carboxylic acids is 1. The number of hydrogen-bond donors (Lipinski definition) is 0. The molecule has 3 aromatic carbocycles. The van der Waals surface area contributed by atoms with Gasteiger partial charge in [-0.05, 0) is 43.5 Å². The van der Waals surface area contributed by atoms with Gasteiger partial charge in [0.2, 0.25) is 0 Å². The van der Waals surface area contributed by atoms with Crippen molar-refractivity contribution in [1.82, 2.24) is 5.06 Å². The predicted octanol–water partition coefficient (Wildman–Crippen LogP) is 4.91. The summed E-state index contributed by atoms with van der Waals surface area (Å²) in [4.78, 5) is 19.7. The third-order valence-electron chi connectivity index (χ3n) is 7.39. The Morgan fingerprint density at radius 1 is 0.842 bits per heavy atom. The van der Waals surface area contributed by atoms with Gasteiger partial charge in [0.25, 0.3) is 0 Å². The molecule has 6 rings (SSSR count). The maximum absolute atomic E-state index is 13.2. The van der Waals surface area contributed by atoms with Crippen LogP contribution in [0, 0.1) is 0 Å². The number of ether oxygens (including phenoxy) is 4. The van der Waals surface area contributed by atoms with E-state index in [1.807, 2.05) is 85.6 Å². The van der Waals surface area contributed by atoms with Crippen LogP contribution in [0.5, 0.6) is 0 Å². The molecule has 0 radical (unpaired) electrons. The highest BCUT2D eigenvalue weighted by atomic mass is 16.8. The molecule has 0 N–H and O–H groups in total. The fourth-order valence-electron chi connectivity index (χ4n) is 5.70. The van der Waals surface area contributed by atoms with Crippen LogP contribution in [0.2, 0.25) is 0 Å². The first-order valence-corrected chi connectivity index (χ1v) is 13.2. The largest absolute Gasteiger partial charge is 0.453 e. The van der Waals surface area contributed by atoms with Gasteiger partial charge in [0.1, 0.15) is 24.4 Å². The molecular weight excluding hydrogens is 482 g/mol. The van der Waals surface area contributed by atoms with Gasteiger partial charge in [-0.15, -0.1) is 0 Å². The minimum Gasteiger partial charge on any atom is -0.453 e. The van der Waals surface area contributed by atoms with Gasteiger partial charge in [-0.3, -0.25) is 4.84 Å². The highest BCUT2D eigenvalue weighted by Crippen LogP contribution is 2.44. The maximum Gasteiger partial charge on any atom is 0.338 e. The summed E-state index contributed by atoms with van der Waals surface area (Å²) in [7, 11) is 0. The normalized spacial score (nSPS) is 29.9. The van der Waals surface area contributed by atoms with E-state index in [0.717, 1.165) is 11.1 Å². The molecule has 7 nitrogen and oxygen atoms in total. The quantitative estimate of drug-likeness (QED) is 0.415. The molecule has 2 heterocycles. The van der Waals surface area contributed by atoms with Gasteiger partial charge >= 0.3 is 5.97 Å². The van der Waals surface area contributed by atoms with E-state index in [2.05, 4.69) is 12.1 Å². The molecule has 3 aromatic rings. The molecule has 1 saturated carbocycles. The molecule has 0 spiro atoms. The minimum atomic E-state index is -0.859. The molecule has 6 atom stereocenters. The lowest BCUT2D eigenvalue weighted by molar-refractivity contribution is -0.237. The molecule has 0 amide bonds. The number of hydrogen-bond acceptors (Lipinski definition) is 7. The van der Waals surface area contributed by atoms with Crippen molar-refractivity contribution in [3.63, 3.8) is 0 Å². The van der Waals surface area contributed by atoms with Crippen LogP contribution in [0.15, 0.2) is 91.0 Å². The van der Waals surface area contributed by atoms with Crippen LogP contribution in [0.4, 0.5) is 0 Å². The van der Waals surface area contributed by atoms with Crippen LogP contribution < -0.4 is 0 Å². The molecule has 0 aromatic heterocycles. The van der Waals surface area contributed by atoms with Gasteiger partial charge in [0.15, 0.2) is 11.9 Å². The molecule has 7 heteroatoms. The topological polar surface area (TPSA) is 66.5 Å². The van der Waals surface area contributed by atoms with Crippen LogP contribution in [0.25, 0.3) is 0 Å². The molecule has 1 aliphatic carbocycles. The minimum absolute atomic E-state index is 0.116. The Bertz CT molecular complexity index is 1220. The van der Waals surface area contributed by atoms with Crippen LogP contribution in [0.1, 0.15) is 41.8 Å². The van der Waals surface area contributed by atoms with E-state index in [1.165, 1.54) is 0 Å². The molecule has 2 saturated heterocycles. The molecule has 3 fully saturated rings. The fourth-order valence-corrected chi connectivity index (χ4v) is 5.70. The third kappa shape index (κ3) is 5.25. The number of benzene rings is 3. The van der Waals surface area contributed by atoms with Crippen molar-refractivity contribution in [3.8, 4) is 0 Å². The summed E-state index contributed by atoms with van der Waals surface area (Å²) < 4.78 is 25.7. The maximum atomic E-state index is 13.2. The highest BCUT2D eigenvalue weighted by molar-refractivity contribution is 5.89. The second-order valence-corrected chi connectivity index (χ2v) is 10.6. The first-order chi connectivity index (χ1) is 18.5. The standard InChI is InChI=1S/C31H33NO6/c1-31(2)36-28-26(34-20-22-14-8-4-9-15-22)24-18-25(38-32(24)19-21-12-6-3-7-13-21)27(29(28)37-31)35-30(33)23-16-10-5-11-17-23/h3-17,24-29H,18-20H2,1-2H3/t24-,25+,26-,27-,28+,29+/m1/s1. The van der Waals surface area contributed by atoms with E-state index in [0.29, 0.717) is 25.1 Å². The molecule has 38 heavy (non-hydrogen) atoms. The van der Waals surface area contributed by atoms with E-state index >= 15 is 0 Å². The molecule has 2 bridgehead atoms. The molecule has 3 aliphatic rings. The third-order valence-corrected chi connectivity index (χ3v) is 7.39. The van der Waals surface area contributed by atoms with Gasteiger partial charge in [0, 0.05) is 6.54 Å². The van der Waals surface area contributed by atoms with Crippen molar-refractivity contribution in [3.05, 3.63) is 108 Å². The Kier molecular flexibility index (Phi) is 7.03. The Morgan fingerprint density at radius 2 is 1.42 bits per heavy atom. The monoisotopic (exact) mass is 515 g/mol. The van der Waals surface area contributed by atoms with Crippen molar-refractivity contribution in [2.75, 3.05) is 0 Å². The Hall–Kier alpha value is -3.07. The molecular formula is C31H33NO6. The number of nitrogens with zero attached hydrogens (tertiary/aromatic N) is 1. The summed E-state index contributed by atoms with van der Waals surface area (Å²) in [6.07, 6.45) is -1.78. The summed E-state index contributed by atoms with van der Waals surface area (Å²) in [6, 6.07) is 29.2. The number of fused-ring (bicyclic) bond motifs is 3. The highest BCUT2D eigenvalue weighted by Gasteiger charge is 2.61. The van der Waals surface area contributed by atoms with Gasteiger partial charge in [-0.1, -0.05) is 78.9 Å². The van der Waals surface area contributed by atoms with Gasteiger partial charge in [-0.2, -0.15) is 5.06 Å². The zero-order valence-electron chi connectivity index (χ0n) is 21.6. The molecule has 2 aliphatic heterocycles. The van der Waals surface area contributed by atoms with Crippen molar-refractivity contribution >= 4 is 5.97 Å². The Labute approximate surface area is 223 Å². The zero-order valence-corrected chi connectivity index (χ0v) is 21.6. The van der Waals surface area contributed by atoms with Crippen molar-refractivity contribution in [2.24, 2.45) is 0 Å². The van der Waals surface area contributed by atoms with E-state index < -0.39 is 36.2 Å². The number of esters is 1. The van der Waals surface area contributed by atoms with Gasteiger partial charge in [0.05, 0.1) is 18.2 Å². The zero-order chi connectivity index (χ0) is 26.1. The summed E-state index contributed by atoms with van der Waals surface area (Å²) in [5.74, 6) is -1.27. The summed E-state index contributed by atoms with van der Waals surface area (Å²) in [5, 5.41) is 1.98. The van der Waals surface area contributed by atoms with Crippen LogP contribution >= 0.6 is 0 Å². The van der Waals surface area contributed by atoms with Crippen molar-refractivity contribution in [2.45, 2.75) is 75.8 Å². The lowest BCUT2D eigenvalue weighted by Gasteiger charge is -2.37. The summed E-state index contributed by atoms with van der Waals surface area (Å²) >= 11 is 0. The van der Waals surface area contributed by atoms with E-state index in [9.17, 15) is 4.79 Å². The van der Waals surface area contributed by atoms with E-state index in [1.54, 1.807) is 12.1 Å². The van der Waals surface area contributed by atoms with E-state index in [4.69, 9.17) is 23.8 Å². The van der Waals surface area contributed by atoms with Crippen molar-refractivity contribution < 1.29 is 28.6 Å². The number of rotatable bonds is 7.